The van der Waals surface area contributed by atoms with E-state index in [-0.39, 0.29) is 17.6 Å². The summed E-state index contributed by atoms with van der Waals surface area (Å²) in [6.45, 7) is 7.05. The first-order valence-corrected chi connectivity index (χ1v) is 14.3. The molecule has 0 radical (unpaired) electrons. The first-order chi connectivity index (χ1) is 17.7. The van der Waals surface area contributed by atoms with Crippen molar-refractivity contribution in [2.24, 2.45) is 5.92 Å². The van der Waals surface area contributed by atoms with Gasteiger partial charge < -0.3 is 10.2 Å². The van der Waals surface area contributed by atoms with Gasteiger partial charge in [-0.15, -0.1) is 11.8 Å². The van der Waals surface area contributed by atoms with Gasteiger partial charge in [0, 0.05) is 35.3 Å². The highest BCUT2D eigenvalue weighted by Crippen LogP contribution is 2.25. The van der Waals surface area contributed by atoms with Gasteiger partial charge in [0.15, 0.2) is 0 Å². The summed E-state index contributed by atoms with van der Waals surface area (Å²) in [5, 5.41) is 4.22. The molecule has 37 heavy (non-hydrogen) atoms. The highest BCUT2D eigenvalue weighted by molar-refractivity contribution is 7.99. The van der Waals surface area contributed by atoms with E-state index in [1.807, 2.05) is 61.5 Å². The summed E-state index contributed by atoms with van der Waals surface area (Å²) in [6.07, 6.45) is 0.440. The van der Waals surface area contributed by atoms with Gasteiger partial charge in [0.1, 0.15) is 6.04 Å². The molecule has 7 heteroatoms. The van der Waals surface area contributed by atoms with Gasteiger partial charge in [-0.2, -0.15) is 0 Å². The lowest BCUT2D eigenvalue weighted by molar-refractivity contribution is -0.139. The average molecular weight is 558 g/mol. The second-order valence-corrected chi connectivity index (χ2v) is 11.4. The fourth-order valence-corrected chi connectivity index (χ4v) is 5.42. The lowest BCUT2D eigenvalue weighted by Gasteiger charge is -2.32. The molecule has 0 fully saturated rings. The number of nitrogens with one attached hydrogen (secondary N) is 1. The zero-order valence-electron chi connectivity index (χ0n) is 21.5. The maximum atomic E-state index is 13.7. The summed E-state index contributed by atoms with van der Waals surface area (Å²) in [4.78, 5) is 28.9. The molecule has 196 valence electrons. The zero-order valence-corrected chi connectivity index (χ0v) is 23.9. The van der Waals surface area contributed by atoms with Crippen molar-refractivity contribution >= 4 is 46.8 Å². The number of nitrogens with zero attached hydrogens (tertiary/aromatic N) is 1. The highest BCUT2D eigenvalue weighted by atomic mass is 35.5. The van der Waals surface area contributed by atoms with Crippen LogP contribution in [-0.4, -0.2) is 35.1 Å². The van der Waals surface area contributed by atoms with Crippen LogP contribution in [0.2, 0.25) is 10.0 Å². The van der Waals surface area contributed by atoms with Crippen LogP contribution in [0.15, 0.2) is 72.8 Å². The summed E-state index contributed by atoms with van der Waals surface area (Å²) in [7, 11) is 0. The minimum absolute atomic E-state index is 0.0859. The maximum Gasteiger partial charge on any atom is 0.243 e. The van der Waals surface area contributed by atoms with Crippen molar-refractivity contribution in [2.45, 2.75) is 45.5 Å². The van der Waals surface area contributed by atoms with Crippen molar-refractivity contribution in [3.8, 4) is 0 Å². The Morgan fingerprint density at radius 3 is 2.35 bits per heavy atom. The quantitative estimate of drug-likeness (QED) is 0.262. The summed E-state index contributed by atoms with van der Waals surface area (Å²) >= 11 is 13.8. The summed E-state index contributed by atoms with van der Waals surface area (Å²) in [6, 6.07) is 22.7. The van der Waals surface area contributed by atoms with E-state index < -0.39 is 6.04 Å². The Labute approximate surface area is 234 Å². The van der Waals surface area contributed by atoms with Gasteiger partial charge in [0.05, 0.1) is 5.75 Å². The molecule has 1 atom stereocenters. The van der Waals surface area contributed by atoms with Crippen LogP contribution in [0.25, 0.3) is 0 Å². The van der Waals surface area contributed by atoms with Gasteiger partial charge in [-0.25, -0.2) is 0 Å². The van der Waals surface area contributed by atoms with Crippen molar-refractivity contribution in [3.63, 3.8) is 0 Å². The van der Waals surface area contributed by atoms with Gasteiger partial charge in [0.25, 0.3) is 0 Å². The molecular weight excluding hydrogens is 523 g/mol. The van der Waals surface area contributed by atoms with E-state index in [0.29, 0.717) is 41.2 Å². The Morgan fingerprint density at radius 1 is 0.946 bits per heavy atom. The van der Waals surface area contributed by atoms with Gasteiger partial charge in [0.2, 0.25) is 11.8 Å². The van der Waals surface area contributed by atoms with Gasteiger partial charge >= 0.3 is 0 Å². The molecule has 0 bridgehead atoms. The third-order valence-corrected chi connectivity index (χ3v) is 7.44. The van der Waals surface area contributed by atoms with Crippen LogP contribution in [-0.2, 0) is 28.3 Å². The molecule has 0 aliphatic heterocycles. The second kappa shape index (κ2) is 14.5. The maximum absolute atomic E-state index is 13.7. The molecule has 1 N–H and O–H groups in total. The predicted octanol–water partition coefficient (Wildman–Crippen LogP) is 6.95. The Morgan fingerprint density at radius 2 is 1.68 bits per heavy atom. The van der Waals surface area contributed by atoms with Crippen molar-refractivity contribution in [1.29, 1.82) is 0 Å². The molecule has 0 saturated heterocycles. The summed E-state index contributed by atoms with van der Waals surface area (Å²) < 4.78 is 0. The molecule has 3 aromatic rings. The molecule has 2 amide bonds. The highest BCUT2D eigenvalue weighted by Gasteiger charge is 2.30. The van der Waals surface area contributed by atoms with Crippen LogP contribution >= 0.6 is 35.0 Å². The number of carbonyl (C=O) groups is 2. The number of hydrogen-bond donors (Lipinski definition) is 1. The standard InChI is InChI=1S/C30H34Cl2N2O2S/c1-21(2)17-33-30(36)28(15-23-9-5-4-6-10-23)34(18-24-11-7-8-22(3)14-24)29(35)20-37-19-25-12-13-26(31)16-27(25)32/h4-14,16,21,28H,15,17-20H2,1-3H3,(H,33,36). The molecule has 0 aromatic heterocycles. The van der Waals surface area contributed by atoms with E-state index in [9.17, 15) is 9.59 Å². The van der Waals surface area contributed by atoms with Crippen LogP contribution in [0.4, 0.5) is 0 Å². The molecule has 0 saturated carbocycles. The van der Waals surface area contributed by atoms with Gasteiger partial charge in [-0.05, 0) is 41.7 Å². The van der Waals surface area contributed by atoms with Gasteiger partial charge in [-0.3, -0.25) is 9.59 Å². The molecule has 1 unspecified atom stereocenters. The number of rotatable bonds is 12. The van der Waals surface area contributed by atoms with Crippen molar-refractivity contribution in [3.05, 3.63) is 105 Å². The number of carbonyl (C=O) groups excluding carboxylic acids is 2. The van der Waals surface area contributed by atoms with Crippen LogP contribution in [0.1, 0.15) is 36.1 Å². The lowest BCUT2D eigenvalue weighted by Crippen LogP contribution is -2.51. The number of amides is 2. The Hall–Kier alpha value is -2.47. The summed E-state index contributed by atoms with van der Waals surface area (Å²) in [5.41, 5.74) is 4.04. The van der Waals surface area contributed by atoms with Crippen LogP contribution in [0.5, 0.6) is 0 Å². The third-order valence-electron chi connectivity index (χ3n) is 5.89. The number of thioether (sulfide) groups is 1. The average Bonchev–Trinajstić information content (AvgIpc) is 2.86. The Bertz CT molecular complexity index is 1190. The lowest BCUT2D eigenvalue weighted by atomic mass is 10.0. The van der Waals surface area contributed by atoms with E-state index in [1.54, 1.807) is 17.0 Å². The fourth-order valence-electron chi connectivity index (χ4n) is 3.95. The molecule has 3 rings (SSSR count). The number of hydrogen-bond acceptors (Lipinski definition) is 3. The first kappa shape index (κ1) is 29.1. The second-order valence-electron chi connectivity index (χ2n) is 9.58. The van der Waals surface area contributed by atoms with E-state index in [0.717, 1.165) is 22.3 Å². The normalized spacial score (nSPS) is 11.8. The van der Waals surface area contributed by atoms with Crippen LogP contribution in [0, 0.1) is 12.8 Å². The van der Waals surface area contributed by atoms with E-state index in [1.165, 1.54) is 11.8 Å². The number of aryl methyl sites for hydroxylation is 1. The molecule has 0 aliphatic carbocycles. The first-order valence-electron chi connectivity index (χ1n) is 12.4. The molecule has 0 aliphatic rings. The molecule has 0 spiro atoms. The largest absolute Gasteiger partial charge is 0.354 e. The Kier molecular flexibility index (Phi) is 11.4. The number of benzene rings is 3. The minimum Gasteiger partial charge on any atom is -0.354 e. The topological polar surface area (TPSA) is 49.4 Å². The molecular formula is C30H34Cl2N2O2S. The third kappa shape index (κ3) is 9.41. The monoisotopic (exact) mass is 556 g/mol. The summed E-state index contributed by atoms with van der Waals surface area (Å²) in [5.74, 6) is 0.889. The van der Waals surface area contributed by atoms with E-state index >= 15 is 0 Å². The fraction of sp³-hybridized carbons (Fsp3) is 0.333. The minimum atomic E-state index is -0.631. The SMILES string of the molecule is Cc1cccc(CN(C(=O)CSCc2ccc(Cl)cc2Cl)C(Cc2ccccc2)C(=O)NCC(C)C)c1. The van der Waals surface area contributed by atoms with Crippen LogP contribution < -0.4 is 5.32 Å². The van der Waals surface area contributed by atoms with Crippen molar-refractivity contribution in [1.82, 2.24) is 10.2 Å². The molecule has 4 nitrogen and oxygen atoms in total. The molecule has 0 heterocycles. The van der Waals surface area contributed by atoms with Crippen molar-refractivity contribution < 1.29 is 9.59 Å². The Balaban J connectivity index is 1.85. The van der Waals surface area contributed by atoms with Crippen LogP contribution in [0.3, 0.4) is 0 Å². The number of halogens is 2. The zero-order chi connectivity index (χ0) is 26.8. The van der Waals surface area contributed by atoms with Gasteiger partial charge in [-0.1, -0.05) is 103 Å². The van der Waals surface area contributed by atoms with E-state index in [2.05, 4.69) is 25.2 Å². The van der Waals surface area contributed by atoms with E-state index in [4.69, 9.17) is 23.2 Å². The smallest absolute Gasteiger partial charge is 0.243 e. The van der Waals surface area contributed by atoms with Crippen molar-refractivity contribution in [2.75, 3.05) is 12.3 Å². The molecule has 3 aromatic carbocycles. The predicted molar refractivity (Wildman–Crippen MR) is 156 cm³/mol.